The van der Waals surface area contributed by atoms with Crippen molar-refractivity contribution in [2.45, 2.75) is 13.8 Å². The lowest BCUT2D eigenvalue weighted by atomic mass is 10.2. The summed E-state index contributed by atoms with van der Waals surface area (Å²) in [5.74, 6) is 0.934. The lowest BCUT2D eigenvalue weighted by Crippen LogP contribution is -2.17. The van der Waals surface area contributed by atoms with Crippen LogP contribution in [0.4, 0.5) is 0 Å². The molecule has 1 aromatic heterocycles. The number of nitrogens with one attached hydrogen (secondary N) is 1. The second-order valence-corrected chi connectivity index (χ2v) is 5.14. The third kappa shape index (κ3) is 3.27. The maximum absolute atomic E-state index is 11.9. The van der Waals surface area contributed by atoms with Crippen molar-refractivity contribution in [3.05, 3.63) is 51.4 Å². The maximum atomic E-state index is 11.9. The van der Waals surface area contributed by atoms with E-state index in [1.165, 1.54) is 6.21 Å². The number of hydrogen-bond donors (Lipinski definition) is 2. The van der Waals surface area contributed by atoms with Crippen LogP contribution in [0.2, 0.25) is 0 Å². The fourth-order valence-corrected chi connectivity index (χ4v) is 2.05. The molecule has 20 heavy (non-hydrogen) atoms. The first kappa shape index (κ1) is 14.3. The quantitative estimate of drug-likeness (QED) is 0.667. The maximum Gasteiger partial charge on any atom is 0.274 e. The molecule has 0 spiro atoms. The second-order valence-electron chi connectivity index (χ2n) is 4.23. The number of amides is 1. The summed E-state index contributed by atoms with van der Waals surface area (Å²) >= 11 is 3.24. The van der Waals surface area contributed by atoms with Crippen molar-refractivity contribution >= 4 is 28.1 Å². The van der Waals surface area contributed by atoms with Crippen LogP contribution in [-0.4, -0.2) is 17.2 Å². The SMILES string of the molecule is Cc1cc(C(=O)NN=Cc2ccc(Br)cc2O)c(C)o1. The Bertz CT molecular complexity index is 677. The van der Waals surface area contributed by atoms with Gasteiger partial charge in [0.1, 0.15) is 17.3 Å². The van der Waals surface area contributed by atoms with Gasteiger partial charge in [-0.05, 0) is 38.1 Å². The average molecular weight is 337 g/mol. The summed E-state index contributed by atoms with van der Waals surface area (Å²) in [6.07, 6.45) is 1.38. The Morgan fingerprint density at radius 1 is 1.40 bits per heavy atom. The molecule has 0 unspecified atom stereocenters. The summed E-state index contributed by atoms with van der Waals surface area (Å²) in [4.78, 5) is 11.9. The molecule has 2 N–H and O–H groups in total. The van der Waals surface area contributed by atoms with E-state index in [0.29, 0.717) is 22.6 Å². The number of halogens is 1. The molecule has 1 aromatic carbocycles. The lowest BCUT2D eigenvalue weighted by Gasteiger charge is -2.00. The van der Waals surface area contributed by atoms with Crippen molar-refractivity contribution < 1.29 is 14.3 Å². The van der Waals surface area contributed by atoms with Gasteiger partial charge >= 0.3 is 0 Å². The van der Waals surface area contributed by atoms with Crippen molar-refractivity contribution in [3.8, 4) is 5.75 Å². The van der Waals surface area contributed by atoms with Gasteiger partial charge in [0.05, 0.1) is 11.8 Å². The monoisotopic (exact) mass is 336 g/mol. The Hall–Kier alpha value is -2.08. The molecule has 0 radical (unpaired) electrons. The van der Waals surface area contributed by atoms with Gasteiger partial charge in [0.25, 0.3) is 5.91 Å². The Labute approximate surface area is 124 Å². The molecule has 0 saturated carbocycles. The second kappa shape index (κ2) is 5.92. The van der Waals surface area contributed by atoms with Crippen molar-refractivity contribution in [1.82, 2.24) is 5.43 Å². The number of carbonyl (C=O) groups is 1. The average Bonchev–Trinajstić information content (AvgIpc) is 2.71. The lowest BCUT2D eigenvalue weighted by molar-refractivity contribution is 0.0953. The van der Waals surface area contributed by atoms with E-state index in [1.807, 2.05) is 0 Å². The molecule has 0 aliphatic carbocycles. The van der Waals surface area contributed by atoms with E-state index in [4.69, 9.17) is 4.42 Å². The number of aromatic hydroxyl groups is 1. The highest BCUT2D eigenvalue weighted by Gasteiger charge is 2.12. The largest absolute Gasteiger partial charge is 0.507 e. The van der Waals surface area contributed by atoms with Crippen LogP contribution in [0.3, 0.4) is 0 Å². The molecule has 0 fully saturated rings. The number of hydrogen-bond acceptors (Lipinski definition) is 4. The summed E-state index contributed by atoms with van der Waals surface area (Å²) in [6.45, 7) is 3.49. The molecular weight excluding hydrogens is 324 g/mol. The molecule has 6 heteroatoms. The third-order valence-corrected chi connectivity index (χ3v) is 3.14. The summed E-state index contributed by atoms with van der Waals surface area (Å²) in [6, 6.07) is 6.65. The number of phenolic OH excluding ortho intramolecular Hbond substituents is 1. The molecule has 0 aliphatic rings. The van der Waals surface area contributed by atoms with Crippen LogP contribution in [-0.2, 0) is 0 Å². The van der Waals surface area contributed by atoms with Crippen molar-refractivity contribution in [2.24, 2.45) is 5.10 Å². The molecule has 0 saturated heterocycles. The zero-order valence-corrected chi connectivity index (χ0v) is 12.6. The standard InChI is InChI=1S/C14H13BrN2O3/c1-8-5-12(9(2)20-8)14(19)17-16-7-10-3-4-11(15)6-13(10)18/h3-7,18H,1-2H3,(H,17,19). The summed E-state index contributed by atoms with van der Waals surface area (Å²) in [5, 5.41) is 13.5. The summed E-state index contributed by atoms with van der Waals surface area (Å²) in [5.41, 5.74) is 3.34. The minimum absolute atomic E-state index is 0.0766. The van der Waals surface area contributed by atoms with Crippen LogP contribution in [0.5, 0.6) is 5.75 Å². The number of carbonyl (C=O) groups excluding carboxylic acids is 1. The molecular formula is C14H13BrN2O3. The molecule has 1 heterocycles. The first-order valence-electron chi connectivity index (χ1n) is 5.86. The van der Waals surface area contributed by atoms with Gasteiger partial charge in [-0.3, -0.25) is 4.79 Å². The number of furan rings is 1. The highest BCUT2D eigenvalue weighted by atomic mass is 79.9. The van der Waals surface area contributed by atoms with Crippen LogP contribution >= 0.6 is 15.9 Å². The highest BCUT2D eigenvalue weighted by Crippen LogP contribution is 2.20. The Balaban J connectivity index is 2.06. The van der Waals surface area contributed by atoms with Crippen molar-refractivity contribution in [3.63, 3.8) is 0 Å². The molecule has 0 bridgehead atoms. The normalized spacial score (nSPS) is 10.9. The smallest absolute Gasteiger partial charge is 0.274 e. The molecule has 5 nitrogen and oxygen atoms in total. The van der Waals surface area contributed by atoms with Gasteiger partial charge in [-0.1, -0.05) is 15.9 Å². The van der Waals surface area contributed by atoms with Crippen molar-refractivity contribution in [2.75, 3.05) is 0 Å². The van der Waals surface area contributed by atoms with Crippen LogP contribution < -0.4 is 5.43 Å². The number of phenols is 1. The summed E-state index contributed by atoms with van der Waals surface area (Å²) in [7, 11) is 0. The van der Waals surface area contributed by atoms with Gasteiger partial charge in [0.15, 0.2) is 0 Å². The minimum atomic E-state index is -0.354. The van der Waals surface area contributed by atoms with E-state index >= 15 is 0 Å². The predicted octanol–water partition coefficient (Wildman–Crippen LogP) is 3.13. The Morgan fingerprint density at radius 2 is 2.15 bits per heavy atom. The van der Waals surface area contributed by atoms with Gasteiger partial charge in [-0.15, -0.1) is 0 Å². The van der Waals surface area contributed by atoms with Crippen LogP contribution in [0, 0.1) is 13.8 Å². The molecule has 1 amide bonds. The van der Waals surface area contributed by atoms with E-state index in [0.717, 1.165) is 4.47 Å². The zero-order valence-electron chi connectivity index (χ0n) is 11.0. The molecule has 2 rings (SSSR count). The van der Waals surface area contributed by atoms with Gasteiger partial charge in [-0.25, -0.2) is 5.43 Å². The van der Waals surface area contributed by atoms with E-state index in [1.54, 1.807) is 38.1 Å². The Morgan fingerprint density at radius 3 is 2.75 bits per heavy atom. The van der Waals surface area contributed by atoms with E-state index in [-0.39, 0.29) is 11.7 Å². The highest BCUT2D eigenvalue weighted by molar-refractivity contribution is 9.10. The molecule has 0 atom stereocenters. The molecule has 0 aliphatic heterocycles. The number of nitrogens with zero attached hydrogens (tertiary/aromatic N) is 1. The summed E-state index contributed by atoms with van der Waals surface area (Å²) < 4.78 is 6.04. The number of rotatable bonds is 3. The van der Waals surface area contributed by atoms with E-state index < -0.39 is 0 Å². The van der Waals surface area contributed by atoms with Crippen LogP contribution in [0.15, 0.2) is 38.3 Å². The van der Waals surface area contributed by atoms with Crippen LogP contribution in [0.25, 0.3) is 0 Å². The topological polar surface area (TPSA) is 74.8 Å². The molecule has 2 aromatic rings. The van der Waals surface area contributed by atoms with Gasteiger partial charge in [-0.2, -0.15) is 5.10 Å². The number of benzene rings is 1. The van der Waals surface area contributed by atoms with Gasteiger partial charge in [0, 0.05) is 10.0 Å². The van der Waals surface area contributed by atoms with Gasteiger partial charge < -0.3 is 9.52 Å². The first-order valence-corrected chi connectivity index (χ1v) is 6.65. The zero-order chi connectivity index (χ0) is 14.7. The number of aryl methyl sites for hydroxylation is 2. The minimum Gasteiger partial charge on any atom is -0.507 e. The van der Waals surface area contributed by atoms with Crippen molar-refractivity contribution in [1.29, 1.82) is 0 Å². The fraction of sp³-hybridized carbons (Fsp3) is 0.143. The molecule has 104 valence electrons. The van der Waals surface area contributed by atoms with E-state index in [9.17, 15) is 9.90 Å². The van der Waals surface area contributed by atoms with Gasteiger partial charge in [0.2, 0.25) is 0 Å². The predicted molar refractivity (Wildman–Crippen MR) is 79.0 cm³/mol. The fourth-order valence-electron chi connectivity index (χ4n) is 1.70. The van der Waals surface area contributed by atoms with E-state index in [2.05, 4.69) is 26.5 Å². The third-order valence-electron chi connectivity index (χ3n) is 2.65. The number of hydrazone groups is 1. The first-order chi connectivity index (χ1) is 9.47. The van der Waals surface area contributed by atoms with Crippen LogP contribution in [0.1, 0.15) is 27.4 Å². The Kier molecular flexibility index (Phi) is 4.24.